The zero-order valence-corrected chi connectivity index (χ0v) is 19.1. The molecule has 7 heteroatoms. The largest absolute Gasteiger partial charge is 0.385 e. The summed E-state index contributed by atoms with van der Waals surface area (Å²) in [6.45, 7) is 10.6. The molecule has 1 atom stereocenters. The zero-order chi connectivity index (χ0) is 23.1. The van der Waals surface area contributed by atoms with Gasteiger partial charge in [0.2, 0.25) is 0 Å². The molecule has 0 aromatic heterocycles. The molecule has 1 unspecified atom stereocenters. The maximum absolute atomic E-state index is 12.5. The molecule has 2 aromatic rings. The molecule has 0 aliphatic carbocycles. The van der Waals surface area contributed by atoms with Gasteiger partial charge in [0.15, 0.2) is 0 Å². The van der Waals surface area contributed by atoms with Crippen molar-refractivity contribution in [3.63, 3.8) is 0 Å². The molecule has 7 nitrogen and oxygen atoms in total. The number of imide groups is 1. The number of rotatable bonds is 11. The van der Waals surface area contributed by atoms with Crippen LogP contribution in [0.4, 0.5) is 5.69 Å². The van der Waals surface area contributed by atoms with Gasteiger partial charge in [-0.25, -0.2) is 0 Å². The van der Waals surface area contributed by atoms with Crippen LogP contribution in [-0.4, -0.2) is 66.8 Å². The minimum absolute atomic E-state index is 0.0697. The molecule has 3 rings (SSSR count). The van der Waals surface area contributed by atoms with E-state index < -0.39 is 0 Å². The van der Waals surface area contributed by atoms with Crippen LogP contribution in [0.15, 0.2) is 48.5 Å². The van der Waals surface area contributed by atoms with Gasteiger partial charge < -0.3 is 15.5 Å². The fraction of sp³-hybridized carbons (Fsp3) is 0.400. The number of anilines is 1. The van der Waals surface area contributed by atoms with E-state index in [2.05, 4.69) is 29.4 Å². The van der Waals surface area contributed by atoms with Crippen molar-refractivity contribution in [1.29, 1.82) is 0 Å². The molecule has 1 aliphatic heterocycles. The molecule has 0 saturated heterocycles. The first kappa shape index (κ1) is 23.5. The van der Waals surface area contributed by atoms with Gasteiger partial charge in [0.25, 0.3) is 17.7 Å². The smallest absolute Gasteiger partial charge is 0.261 e. The molecule has 0 fully saturated rings. The summed E-state index contributed by atoms with van der Waals surface area (Å²) < 4.78 is 0. The van der Waals surface area contributed by atoms with Crippen molar-refractivity contribution in [3.05, 3.63) is 65.2 Å². The Labute approximate surface area is 189 Å². The monoisotopic (exact) mass is 436 g/mol. The van der Waals surface area contributed by atoms with Gasteiger partial charge >= 0.3 is 0 Å². The summed E-state index contributed by atoms with van der Waals surface area (Å²) >= 11 is 0. The van der Waals surface area contributed by atoms with Crippen LogP contribution in [0.25, 0.3) is 0 Å². The third-order valence-corrected chi connectivity index (χ3v) is 5.78. The van der Waals surface area contributed by atoms with E-state index in [0.29, 0.717) is 36.3 Å². The normalized spacial score (nSPS) is 13.9. The van der Waals surface area contributed by atoms with Crippen molar-refractivity contribution in [3.8, 4) is 0 Å². The molecule has 2 N–H and O–H groups in total. The van der Waals surface area contributed by atoms with Gasteiger partial charge in [-0.1, -0.05) is 32.9 Å². The van der Waals surface area contributed by atoms with E-state index >= 15 is 0 Å². The molecule has 1 aliphatic rings. The van der Waals surface area contributed by atoms with Crippen molar-refractivity contribution in [2.24, 2.45) is 5.92 Å². The summed E-state index contributed by atoms with van der Waals surface area (Å²) in [7, 11) is 0. The maximum Gasteiger partial charge on any atom is 0.261 e. The summed E-state index contributed by atoms with van der Waals surface area (Å²) in [5, 5.41) is 6.27. The highest BCUT2D eigenvalue weighted by atomic mass is 16.2. The SMILES string of the molecule is CCN(CC)CCNC(=O)c1ccc(NCC(C)CN2C(=O)c3ccccc3C2=O)cc1. The first-order valence-electron chi connectivity index (χ1n) is 11.2. The quantitative estimate of drug-likeness (QED) is 0.529. The highest BCUT2D eigenvalue weighted by Crippen LogP contribution is 2.23. The van der Waals surface area contributed by atoms with Crippen LogP contribution in [0, 0.1) is 5.92 Å². The van der Waals surface area contributed by atoms with E-state index in [1.165, 1.54) is 4.90 Å². The van der Waals surface area contributed by atoms with E-state index in [9.17, 15) is 14.4 Å². The first-order valence-corrected chi connectivity index (χ1v) is 11.2. The molecule has 170 valence electrons. The lowest BCUT2D eigenvalue weighted by Crippen LogP contribution is -2.35. The number of amides is 3. The fourth-order valence-corrected chi connectivity index (χ4v) is 3.78. The van der Waals surface area contributed by atoms with E-state index in [4.69, 9.17) is 0 Å². The van der Waals surface area contributed by atoms with Crippen LogP contribution in [0.1, 0.15) is 51.8 Å². The van der Waals surface area contributed by atoms with Crippen LogP contribution in [0.3, 0.4) is 0 Å². The van der Waals surface area contributed by atoms with Crippen molar-refractivity contribution in [2.45, 2.75) is 20.8 Å². The van der Waals surface area contributed by atoms with Gasteiger partial charge in [0, 0.05) is 37.4 Å². The average Bonchev–Trinajstić information content (AvgIpc) is 3.05. The molecule has 2 aromatic carbocycles. The van der Waals surface area contributed by atoms with E-state index in [0.717, 1.165) is 25.3 Å². The molecule has 32 heavy (non-hydrogen) atoms. The third-order valence-electron chi connectivity index (χ3n) is 5.78. The number of likely N-dealkylation sites (N-methyl/N-ethyl adjacent to an activating group) is 1. The Morgan fingerprint density at radius 1 is 0.969 bits per heavy atom. The molecule has 0 radical (unpaired) electrons. The standard InChI is InChI=1S/C25H32N4O3/c1-4-28(5-2)15-14-26-23(30)19-10-12-20(13-11-19)27-16-18(3)17-29-24(31)21-8-6-7-9-22(21)25(29)32/h6-13,18,27H,4-5,14-17H2,1-3H3,(H,26,30). The Balaban J connectivity index is 1.45. The second-order valence-corrected chi connectivity index (χ2v) is 8.11. The van der Waals surface area contributed by atoms with Crippen LogP contribution in [0.5, 0.6) is 0 Å². The van der Waals surface area contributed by atoms with Crippen molar-refractivity contribution in [2.75, 3.05) is 44.6 Å². The number of carbonyl (C=O) groups is 3. The Morgan fingerprint density at radius 3 is 2.12 bits per heavy atom. The van der Waals surface area contributed by atoms with Crippen LogP contribution < -0.4 is 10.6 Å². The van der Waals surface area contributed by atoms with Crippen LogP contribution in [0.2, 0.25) is 0 Å². The van der Waals surface area contributed by atoms with E-state index in [-0.39, 0.29) is 23.6 Å². The molecule has 3 amide bonds. The highest BCUT2D eigenvalue weighted by molar-refractivity contribution is 6.21. The minimum Gasteiger partial charge on any atom is -0.385 e. The van der Waals surface area contributed by atoms with Crippen molar-refractivity contribution < 1.29 is 14.4 Å². The van der Waals surface area contributed by atoms with Gasteiger partial charge in [0.05, 0.1) is 11.1 Å². The van der Waals surface area contributed by atoms with Crippen molar-refractivity contribution in [1.82, 2.24) is 15.1 Å². The number of hydrogen-bond donors (Lipinski definition) is 2. The van der Waals surface area contributed by atoms with E-state index in [1.54, 1.807) is 36.4 Å². The third kappa shape index (κ3) is 5.53. The molecular formula is C25H32N4O3. The number of fused-ring (bicyclic) bond motifs is 1. The van der Waals surface area contributed by atoms with E-state index in [1.807, 2.05) is 19.1 Å². The first-order chi connectivity index (χ1) is 15.4. The Morgan fingerprint density at radius 2 is 1.56 bits per heavy atom. The van der Waals surface area contributed by atoms with Crippen LogP contribution >= 0.6 is 0 Å². The van der Waals surface area contributed by atoms with Crippen LogP contribution in [-0.2, 0) is 0 Å². The number of carbonyl (C=O) groups excluding carboxylic acids is 3. The Kier molecular flexibility index (Phi) is 8.00. The highest BCUT2D eigenvalue weighted by Gasteiger charge is 2.35. The summed E-state index contributed by atoms with van der Waals surface area (Å²) in [6.07, 6.45) is 0. The predicted octanol–water partition coefficient (Wildman–Crippen LogP) is 3.10. The molecule has 0 spiro atoms. The number of nitrogens with one attached hydrogen (secondary N) is 2. The van der Waals surface area contributed by atoms with Gasteiger partial charge in [-0.2, -0.15) is 0 Å². The van der Waals surface area contributed by atoms with Gasteiger partial charge in [0.1, 0.15) is 0 Å². The van der Waals surface area contributed by atoms with Crippen molar-refractivity contribution >= 4 is 23.4 Å². The topological polar surface area (TPSA) is 81.8 Å². The molecule has 1 heterocycles. The fourth-order valence-electron chi connectivity index (χ4n) is 3.78. The van der Waals surface area contributed by atoms with Gasteiger partial charge in [-0.3, -0.25) is 19.3 Å². The lowest BCUT2D eigenvalue weighted by Gasteiger charge is -2.20. The predicted molar refractivity (Wildman–Crippen MR) is 126 cm³/mol. The minimum atomic E-state index is -0.228. The summed E-state index contributed by atoms with van der Waals surface area (Å²) in [5.74, 6) is -0.467. The Bertz CT molecular complexity index is 919. The Hall–Kier alpha value is -3.19. The lowest BCUT2D eigenvalue weighted by atomic mass is 10.1. The molecular weight excluding hydrogens is 404 g/mol. The number of benzene rings is 2. The lowest BCUT2D eigenvalue weighted by molar-refractivity contribution is 0.0635. The maximum atomic E-state index is 12.5. The average molecular weight is 437 g/mol. The zero-order valence-electron chi connectivity index (χ0n) is 19.1. The summed E-state index contributed by atoms with van der Waals surface area (Å²) in [4.78, 5) is 40.9. The number of hydrogen-bond acceptors (Lipinski definition) is 5. The second kappa shape index (κ2) is 10.9. The van der Waals surface area contributed by atoms with Gasteiger partial charge in [-0.05, 0) is 55.4 Å². The second-order valence-electron chi connectivity index (χ2n) is 8.11. The summed E-state index contributed by atoms with van der Waals surface area (Å²) in [5.41, 5.74) is 2.46. The summed E-state index contributed by atoms with van der Waals surface area (Å²) in [6, 6.07) is 14.3. The van der Waals surface area contributed by atoms with Gasteiger partial charge in [-0.15, -0.1) is 0 Å². The molecule has 0 saturated carbocycles. The molecule has 0 bridgehead atoms. The number of nitrogens with zero attached hydrogens (tertiary/aromatic N) is 2.